The Kier molecular flexibility index (Phi) is 6.00. The van der Waals surface area contributed by atoms with E-state index in [2.05, 4.69) is 10.3 Å². The van der Waals surface area contributed by atoms with E-state index in [9.17, 15) is 9.59 Å². The van der Waals surface area contributed by atoms with Gasteiger partial charge in [0.15, 0.2) is 16.7 Å². The van der Waals surface area contributed by atoms with Crippen LogP contribution in [0, 0.1) is 0 Å². The summed E-state index contributed by atoms with van der Waals surface area (Å²) in [5, 5.41) is 3.20. The second-order valence-electron chi connectivity index (χ2n) is 5.66. The number of carbonyl (C=O) groups is 2. The Morgan fingerprint density at radius 2 is 1.82 bits per heavy atom. The van der Waals surface area contributed by atoms with Crippen molar-refractivity contribution in [1.82, 2.24) is 5.32 Å². The zero-order valence-electron chi connectivity index (χ0n) is 15.5. The molecule has 1 fully saturated rings. The van der Waals surface area contributed by atoms with Gasteiger partial charge in [0.2, 0.25) is 0 Å². The molecule has 1 aliphatic rings. The fourth-order valence-corrected chi connectivity index (χ4v) is 3.31. The molecule has 0 radical (unpaired) electrons. The number of amides is 1. The third-order valence-electron chi connectivity index (χ3n) is 3.70. The molecule has 0 unspecified atom stereocenters. The number of rotatable bonds is 5. The summed E-state index contributed by atoms with van der Waals surface area (Å²) in [6.07, 6.45) is 1.71. The highest BCUT2D eigenvalue weighted by Crippen LogP contribution is 2.33. The molecular formula is C20H18N2O5S. The molecule has 2 aromatic carbocycles. The number of benzene rings is 2. The van der Waals surface area contributed by atoms with Crippen LogP contribution in [0.25, 0.3) is 6.08 Å². The van der Waals surface area contributed by atoms with Crippen molar-refractivity contribution in [3.8, 4) is 17.2 Å². The molecule has 0 bridgehead atoms. The second-order valence-corrected chi connectivity index (χ2v) is 6.69. The number of methoxy groups -OCH3 is 2. The number of thioether (sulfide) groups is 1. The summed E-state index contributed by atoms with van der Waals surface area (Å²) in [4.78, 5) is 28.4. The fraction of sp³-hybridized carbons (Fsp3) is 0.150. The smallest absolute Gasteiger partial charge is 0.308 e. The number of amidine groups is 1. The van der Waals surface area contributed by atoms with Gasteiger partial charge in [0.25, 0.3) is 5.91 Å². The van der Waals surface area contributed by atoms with E-state index in [4.69, 9.17) is 14.2 Å². The zero-order chi connectivity index (χ0) is 20.1. The van der Waals surface area contributed by atoms with E-state index in [1.54, 1.807) is 43.5 Å². The van der Waals surface area contributed by atoms with Gasteiger partial charge >= 0.3 is 5.97 Å². The molecule has 1 amide bonds. The van der Waals surface area contributed by atoms with Gasteiger partial charge in [0.1, 0.15) is 11.4 Å². The van der Waals surface area contributed by atoms with Crippen molar-refractivity contribution in [1.29, 1.82) is 0 Å². The van der Waals surface area contributed by atoms with Crippen molar-refractivity contribution in [2.45, 2.75) is 6.92 Å². The van der Waals surface area contributed by atoms with Gasteiger partial charge in [-0.1, -0.05) is 18.2 Å². The van der Waals surface area contributed by atoms with Crippen molar-refractivity contribution >= 4 is 40.6 Å². The molecule has 1 saturated heterocycles. The van der Waals surface area contributed by atoms with Gasteiger partial charge in [0, 0.05) is 6.92 Å². The standard InChI is InChI=1S/C20H18N2O5S/c1-12(23)27-16-9-8-13(10-17(16)26-3)11-18-19(24)22-20(28-18)21-14-6-4-5-7-15(14)25-2/h4-11H,1-3H3,(H,21,22,24). The first-order valence-corrected chi connectivity index (χ1v) is 9.11. The van der Waals surface area contributed by atoms with Crippen LogP contribution in [0.15, 0.2) is 52.4 Å². The van der Waals surface area contributed by atoms with Gasteiger partial charge in [-0.2, -0.15) is 0 Å². The van der Waals surface area contributed by atoms with E-state index in [1.165, 1.54) is 25.8 Å². The molecule has 3 rings (SSSR count). The van der Waals surface area contributed by atoms with E-state index in [-0.39, 0.29) is 5.91 Å². The Morgan fingerprint density at radius 3 is 2.54 bits per heavy atom. The zero-order valence-corrected chi connectivity index (χ0v) is 16.3. The van der Waals surface area contributed by atoms with Crippen LogP contribution in [0.2, 0.25) is 0 Å². The highest BCUT2D eigenvalue weighted by molar-refractivity contribution is 8.18. The van der Waals surface area contributed by atoms with Gasteiger partial charge < -0.3 is 19.5 Å². The lowest BCUT2D eigenvalue weighted by Crippen LogP contribution is -2.19. The number of ether oxygens (including phenoxy) is 3. The molecule has 8 heteroatoms. The number of hydrogen-bond donors (Lipinski definition) is 1. The van der Waals surface area contributed by atoms with E-state index < -0.39 is 5.97 Å². The minimum absolute atomic E-state index is 0.248. The Labute approximate surface area is 166 Å². The summed E-state index contributed by atoms with van der Waals surface area (Å²) in [7, 11) is 3.05. The summed E-state index contributed by atoms with van der Waals surface area (Å²) in [6, 6.07) is 12.3. The first-order valence-electron chi connectivity index (χ1n) is 8.29. The molecule has 1 heterocycles. The Balaban J connectivity index is 1.84. The largest absolute Gasteiger partial charge is 0.494 e. The van der Waals surface area contributed by atoms with E-state index in [0.717, 1.165) is 5.56 Å². The highest BCUT2D eigenvalue weighted by Gasteiger charge is 2.24. The van der Waals surface area contributed by atoms with Crippen molar-refractivity contribution in [2.24, 2.45) is 4.99 Å². The average Bonchev–Trinajstić information content (AvgIpc) is 3.01. The van der Waals surface area contributed by atoms with Crippen LogP contribution in [0.3, 0.4) is 0 Å². The molecule has 0 atom stereocenters. The Hall–Kier alpha value is -3.26. The van der Waals surface area contributed by atoms with Crippen LogP contribution in [-0.4, -0.2) is 31.3 Å². The van der Waals surface area contributed by atoms with Crippen LogP contribution in [0.1, 0.15) is 12.5 Å². The summed E-state index contributed by atoms with van der Waals surface area (Å²) < 4.78 is 15.6. The van der Waals surface area contributed by atoms with E-state index >= 15 is 0 Å². The third-order valence-corrected chi connectivity index (χ3v) is 4.61. The molecule has 144 valence electrons. The van der Waals surface area contributed by atoms with Gasteiger partial charge in [-0.25, -0.2) is 4.99 Å². The van der Waals surface area contributed by atoms with Crippen LogP contribution in [-0.2, 0) is 9.59 Å². The number of carbonyl (C=O) groups excluding carboxylic acids is 2. The average molecular weight is 398 g/mol. The Bertz CT molecular complexity index is 984. The minimum Gasteiger partial charge on any atom is -0.494 e. The highest BCUT2D eigenvalue weighted by atomic mass is 32.2. The van der Waals surface area contributed by atoms with Crippen LogP contribution in [0.5, 0.6) is 17.2 Å². The van der Waals surface area contributed by atoms with Crippen LogP contribution >= 0.6 is 11.8 Å². The van der Waals surface area contributed by atoms with E-state index in [1.807, 2.05) is 12.1 Å². The Morgan fingerprint density at radius 1 is 1.07 bits per heavy atom. The number of hydrogen-bond acceptors (Lipinski definition) is 7. The van der Waals surface area contributed by atoms with Crippen molar-refractivity contribution in [3.63, 3.8) is 0 Å². The lowest BCUT2D eigenvalue weighted by atomic mass is 10.2. The number of aliphatic imine (C=N–C) groups is 1. The van der Waals surface area contributed by atoms with Gasteiger partial charge in [-0.3, -0.25) is 9.59 Å². The summed E-state index contributed by atoms with van der Waals surface area (Å²) in [5.41, 5.74) is 1.35. The molecule has 0 spiro atoms. The number of para-hydroxylation sites is 2. The molecule has 0 aliphatic carbocycles. The second kappa shape index (κ2) is 8.62. The lowest BCUT2D eigenvalue weighted by Gasteiger charge is -2.08. The molecule has 1 N–H and O–H groups in total. The number of nitrogens with one attached hydrogen (secondary N) is 1. The van der Waals surface area contributed by atoms with Crippen LogP contribution < -0.4 is 19.5 Å². The summed E-state index contributed by atoms with van der Waals surface area (Å²) in [5.74, 6) is 0.650. The topological polar surface area (TPSA) is 86.2 Å². The fourth-order valence-electron chi connectivity index (χ4n) is 2.48. The SMILES string of the molecule is COc1ccccc1N=C1NC(=O)C(=Cc2ccc(OC(C)=O)c(OC)c2)S1. The normalized spacial score (nSPS) is 16.2. The third kappa shape index (κ3) is 4.52. The van der Waals surface area contributed by atoms with Crippen molar-refractivity contribution < 1.29 is 23.8 Å². The monoisotopic (exact) mass is 398 g/mol. The minimum atomic E-state index is -0.438. The van der Waals surface area contributed by atoms with Crippen molar-refractivity contribution in [2.75, 3.05) is 14.2 Å². The number of esters is 1. The molecule has 1 aliphatic heterocycles. The first-order chi connectivity index (χ1) is 13.5. The maximum absolute atomic E-state index is 12.3. The molecule has 0 aromatic heterocycles. The van der Waals surface area contributed by atoms with Gasteiger partial charge in [0.05, 0.1) is 19.1 Å². The molecule has 0 saturated carbocycles. The lowest BCUT2D eigenvalue weighted by molar-refractivity contribution is -0.132. The van der Waals surface area contributed by atoms with Crippen molar-refractivity contribution in [3.05, 3.63) is 52.9 Å². The molecule has 2 aromatic rings. The van der Waals surface area contributed by atoms with E-state index in [0.29, 0.717) is 33.0 Å². The molecule has 28 heavy (non-hydrogen) atoms. The quantitative estimate of drug-likeness (QED) is 0.471. The maximum atomic E-state index is 12.3. The summed E-state index contributed by atoms with van der Waals surface area (Å²) >= 11 is 1.22. The molecular weight excluding hydrogens is 380 g/mol. The predicted molar refractivity (Wildman–Crippen MR) is 108 cm³/mol. The number of nitrogens with zero attached hydrogens (tertiary/aromatic N) is 1. The summed E-state index contributed by atoms with van der Waals surface area (Å²) in [6.45, 7) is 1.32. The van der Waals surface area contributed by atoms with Gasteiger partial charge in [-0.05, 0) is 47.7 Å². The van der Waals surface area contributed by atoms with Crippen LogP contribution in [0.4, 0.5) is 5.69 Å². The van der Waals surface area contributed by atoms with Gasteiger partial charge in [-0.15, -0.1) is 0 Å². The maximum Gasteiger partial charge on any atom is 0.308 e. The molecule has 7 nitrogen and oxygen atoms in total. The predicted octanol–water partition coefficient (Wildman–Crippen LogP) is 3.52. The first kappa shape index (κ1) is 19.5.